The molecule has 0 spiro atoms. The van der Waals surface area contributed by atoms with Crippen molar-refractivity contribution < 1.29 is 0 Å². The Morgan fingerprint density at radius 1 is 1.36 bits per heavy atom. The largest absolute Gasteiger partial charge is 0.306 e. The van der Waals surface area contributed by atoms with Gasteiger partial charge in [0.2, 0.25) is 0 Å². The zero-order chi connectivity index (χ0) is 10.2. The van der Waals surface area contributed by atoms with E-state index in [1.807, 2.05) is 18.5 Å². The van der Waals surface area contributed by atoms with Gasteiger partial charge in [0.15, 0.2) is 0 Å². The molecule has 0 amide bonds. The lowest BCUT2D eigenvalue weighted by atomic mass is 10.2. The van der Waals surface area contributed by atoms with Crippen molar-refractivity contribution >= 4 is 0 Å². The molecule has 1 aromatic rings. The molecule has 0 saturated carbocycles. The van der Waals surface area contributed by atoms with Crippen LogP contribution in [-0.4, -0.2) is 30.0 Å². The maximum Gasteiger partial charge on any atom is 0.0270 e. The summed E-state index contributed by atoms with van der Waals surface area (Å²) < 4.78 is 0. The van der Waals surface area contributed by atoms with Crippen LogP contribution in [-0.2, 0) is 6.42 Å². The minimum atomic E-state index is 1.06. The molecule has 0 aliphatic carbocycles. The molecule has 2 nitrogen and oxygen atoms in total. The van der Waals surface area contributed by atoms with Crippen LogP contribution in [0.15, 0.2) is 37.2 Å². The van der Waals surface area contributed by atoms with E-state index in [2.05, 4.69) is 35.6 Å². The average Bonchev–Trinajstić information content (AvgIpc) is 2.25. The minimum Gasteiger partial charge on any atom is -0.306 e. The van der Waals surface area contributed by atoms with Crippen LogP contribution in [0.4, 0.5) is 0 Å². The van der Waals surface area contributed by atoms with E-state index in [1.165, 1.54) is 5.56 Å². The van der Waals surface area contributed by atoms with Gasteiger partial charge in [-0.1, -0.05) is 6.08 Å². The van der Waals surface area contributed by atoms with Gasteiger partial charge in [-0.25, -0.2) is 0 Å². The van der Waals surface area contributed by atoms with Crippen LogP contribution in [0.5, 0.6) is 0 Å². The topological polar surface area (TPSA) is 16.1 Å². The summed E-state index contributed by atoms with van der Waals surface area (Å²) in [4.78, 5) is 6.32. The fraction of sp³-hybridized carbons (Fsp3) is 0.417. The van der Waals surface area contributed by atoms with E-state index in [9.17, 15) is 0 Å². The minimum absolute atomic E-state index is 1.06. The molecule has 14 heavy (non-hydrogen) atoms. The van der Waals surface area contributed by atoms with Gasteiger partial charge in [-0.15, -0.1) is 6.58 Å². The van der Waals surface area contributed by atoms with Gasteiger partial charge >= 0.3 is 0 Å². The van der Waals surface area contributed by atoms with Gasteiger partial charge in [0.05, 0.1) is 0 Å². The quantitative estimate of drug-likeness (QED) is 0.639. The monoisotopic (exact) mass is 190 g/mol. The lowest BCUT2D eigenvalue weighted by Gasteiger charge is -2.14. The number of aromatic nitrogens is 1. The standard InChI is InChI=1S/C12H18N2/c1-3-4-10-14(2)11-7-12-5-8-13-9-6-12/h3,5-6,8-9H,1,4,7,10-11H2,2H3. The van der Waals surface area contributed by atoms with Crippen molar-refractivity contribution in [1.82, 2.24) is 9.88 Å². The maximum atomic E-state index is 4.00. The van der Waals surface area contributed by atoms with Crippen LogP contribution in [0.25, 0.3) is 0 Å². The highest BCUT2D eigenvalue weighted by atomic mass is 15.1. The van der Waals surface area contributed by atoms with E-state index in [1.54, 1.807) is 0 Å². The van der Waals surface area contributed by atoms with E-state index < -0.39 is 0 Å². The van der Waals surface area contributed by atoms with Crippen molar-refractivity contribution in [3.8, 4) is 0 Å². The Morgan fingerprint density at radius 3 is 2.71 bits per heavy atom. The number of likely N-dealkylation sites (N-methyl/N-ethyl adjacent to an activating group) is 1. The average molecular weight is 190 g/mol. The molecular formula is C12H18N2. The first kappa shape index (κ1) is 10.9. The van der Waals surface area contributed by atoms with E-state index >= 15 is 0 Å². The predicted molar refractivity (Wildman–Crippen MR) is 60.3 cm³/mol. The lowest BCUT2D eigenvalue weighted by molar-refractivity contribution is 0.345. The first-order valence-corrected chi connectivity index (χ1v) is 5.01. The summed E-state index contributed by atoms with van der Waals surface area (Å²) in [7, 11) is 2.14. The fourth-order valence-electron chi connectivity index (χ4n) is 1.29. The number of hydrogen-bond acceptors (Lipinski definition) is 2. The van der Waals surface area contributed by atoms with E-state index in [0.29, 0.717) is 0 Å². The molecule has 1 rings (SSSR count). The van der Waals surface area contributed by atoms with Gasteiger partial charge in [-0.3, -0.25) is 4.98 Å². The third-order valence-corrected chi connectivity index (χ3v) is 2.25. The number of rotatable bonds is 6. The molecule has 0 fully saturated rings. The van der Waals surface area contributed by atoms with Crippen molar-refractivity contribution in [3.05, 3.63) is 42.7 Å². The van der Waals surface area contributed by atoms with Gasteiger partial charge in [-0.2, -0.15) is 0 Å². The Kier molecular flexibility index (Phi) is 4.94. The zero-order valence-electron chi connectivity index (χ0n) is 8.82. The van der Waals surface area contributed by atoms with Gasteiger partial charge in [0.1, 0.15) is 0 Å². The van der Waals surface area contributed by atoms with Gasteiger partial charge in [-0.05, 0) is 37.6 Å². The Hall–Kier alpha value is -1.15. The van der Waals surface area contributed by atoms with Crippen LogP contribution in [0.2, 0.25) is 0 Å². The third-order valence-electron chi connectivity index (χ3n) is 2.25. The molecule has 76 valence electrons. The Bertz CT molecular complexity index is 256. The summed E-state index contributed by atoms with van der Waals surface area (Å²) in [6.45, 7) is 5.90. The number of pyridine rings is 1. The molecule has 0 atom stereocenters. The van der Waals surface area contributed by atoms with Crippen LogP contribution in [0.3, 0.4) is 0 Å². The van der Waals surface area contributed by atoms with Crippen LogP contribution in [0, 0.1) is 0 Å². The predicted octanol–water partition coefficient (Wildman–Crippen LogP) is 2.13. The van der Waals surface area contributed by atoms with Gasteiger partial charge < -0.3 is 4.90 Å². The summed E-state index contributed by atoms with van der Waals surface area (Å²) in [5.41, 5.74) is 1.35. The highest BCUT2D eigenvalue weighted by Gasteiger charge is 1.97. The van der Waals surface area contributed by atoms with Gasteiger partial charge in [0, 0.05) is 25.5 Å². The molecule has 0 aromatic carbocycles. The maximum absolute atomic E-state index is 4.00. The Balaban J connectivity index is 2.23. The molecule has 0 radical (unpaired) electrons. The summed E-state index contributed by atoms with van der Waals surface area (Å²) in [5.74, 6) is 0. The molecule has 0 N–H and O–H groups in total. The Morgan fingerprint density at radius 2 is 2.07 bits per heavy atom. The van der Waals surface area contributed by atoms with Crippen molar-refractivity contribution in [2.75, 3.05) is 20.1 Å². The second kappa shape index (κ2) is 6.33. The first-order chi connectivity index (χ1) is 6.83. The summed E-state index contributed by atoms with van der Waals surface area (Å²) in [6.07, 6.45) is 7.81. The normalized spacial score (nSPS) is 10.4. The van der Waals surface area contributed by atoms with Crippen LogP contribution < -0.4 is 0 Å². The van der Waals surface area contributed by atoms with Crippen LogP contribution in [0.1, 0.15) is 12.0 Å². The van der Waals surface area contributed by atoms with Crippen molar-refractivity contribution in [1.29, 1.82) is 0 Å². The smallest absolute Gasteiger partial charge is 0.0270 e. The highest BCUT2D eigenvalue weighted by molar-refractivity contribution is 5.09. The van der Waals surface area contributed by atoms with E-state index in [-0.39, 0.29) is 0 Å². The van der Waals surface area contributed by atoms with Crippen molar-refractivity contribution in [3.63, 3.8) is 0 Å². The SMILES string of the molecule is C=CCCN(C)CCc1ccncc1. The fourth-order valence-corrected chi connectivity index (χ4v) is 1.29. The molecule has 0 unspecified atom stereocenters. The van der Waals surface area contributed by atoms with Gasteiger partial charge in [0.25, 0.3) is 0 Å². The Labute approximate surface area is 86.3 Å². The van der Waals surface area contributed by atoms with Crippen LogP contribution >= 0.6 is 0 Å². The second-order valence-electron chi connectivity index (χ2n) is 3.49. The molecule has 2 heteroatoms. The molecular weight excluding hydrogens is 172 g/mol. The molecule has 1 aromatic heterocycles. The second-order valence-corrected chi connectivity index (χ2v) is 3.49. The molecule has 0 bridgehead atoms. The molecule has 0 aliphatic rings. The third kappa shape index (κ3) is 4.19. The summed E-state index contributed by atoms with van der Waals surface area (Å²) in [6, 6.07) is 4.14. The summed E-state index contributed by atoms with van der Waals surface area (Å²) in [5, 5.41) is 0. The number of hydrogen-bond donors (Lipinski definition) is 0. The first-order valence-electron chi connectivity index (χ1n) is 5.01. The van der Waals surface area contributed by atoms with E-state index in [4.69, 9.17) is 0 Å². The zero-order valence-corrected chi connectivity index (χ0v) is 8.82. The molecule has 0 aliphatic heterocycles. The lowest BCUT2D eigenvalue weighted by Crippen LogP contribution is -2.22. The summed E-state index contributed by atoms with van der Waals surface area (Å²) >= 11 is 0. The highest BCUT2D eigenvalue weighted by Crippen LogP contribution is 1.99. The molecule has 0 saturated heterocycles. The number of nitrogens with zero attached hydrogens (tertiary/aromatic N) is 2. The van der Waals surface area contributed by atoms with E-state index in [0.717, 1.165) is 25.9 Å². The van der Waals surface area contributed by atoms with Crippen molar-refractivity contribution in [2.45, 2.75) is 12.8 Å². The molecule has 1 heterocycles. The van der Waals surface area contributed by atoms with Crippen molar-refractivity contribution in [2.24, 2.45) is 0 Å².